The Balaban J connectivity index is 2.00. The highest BCUT2D eigenvalue weighted by Crippen LogP contribution is 2.22. The second kappa shape index (κ2) is 6.65. The van der Waals surface area contributed by atoms with Crippen molar-refractivity contribution in [2.75, 3.05) is 0 Å². The summed E-state index contributed by atoms with van der Waals surface area (Å²) in [5.74, 6) is -0.214. The third-order valence-corrected chi connectivity index (χ3v) is 5.87. The number of hydrogen-bond acceptors (Lipinski definition) is 5. The van der Waals surface area contributed by atoms with Crippen molar-refractivity contribution in [1.29, 1.82) is 0 Å². The molecule has 0 saturated heterocycles. The van der Waals surface area contributed by atoms with Gasteiger partial charge in [0, 0.05) is 28.0 Å². The first-order valence-corrected chi connectivity index (χ1v) is 9.12. The van der Waals surface area contributed by atoms with Gasteiger partial charge in [0.2, 0.25) is 10.0 Å². The lowest BCUT2D eigenvalue weighted by molar-refractivity contribution is -0.384. The Hall–Kier alpha value is -1.29. The molecule has 0 aliphatic heterocycles. The maximum atomic E-state index is 12.0. The normalized spacial score (nSPS) is 11.5. The molecule has 0 bridgehead atoms. The monoisotopic (exact) mass is 390 g/mol. The average Bonchev–Trinajstić information content (AvgIpc) is 2.82. The number of hydrogen-bond donors (Lipinski definition) is 1. The molecule has 0 atom stereocenters. The molecule has 1 aromatic carbocycles. The highest BCUT2D eigenvalue weighted by atomic mass is 79.9. The van der Waals surface area contributed by atoms with Gasteiger partial charge < -0.3 is 0 Å². The lowest BCUT2D eigenvalue weighted by Crippen LogP contribution is -2.24. The Morgan fingerprint density at radius 1 is 1.24 bits per heavy atom. The molecule has 0 saturated carbocycles. The summed E-state index contributed by atoms with van der Waals surface area (Å²) in [6, 6.07) is 7.32. The second-order valence-electron chi connectivity index (χ2n) is 4.20. The van der Waals surface area contributed by atoms with Crippen LogP contribution in [0.2, 0.25) is 0 Å². The average molecular weight is 391 g/mol. The molecule has 21 heavy (non-hydrogen) atoms. The summed E-state index contributed by atoms with van der Waals surface area (Å²) in [4.78, 5) is 10.9. The molecule has 1 N–H and O–H groups in total. The molecule has 0 amide bonds. The van der Waals surface area contributed by atoms with Crippen LogP contribution in [-0.2, 0) is 22.3 Å². The zero-order chi connectivity index (χ0) is 15.5. The van der Waals surface area contributed by atoms with Gasteiger partial charge in [-0.2, -0.15) is 0 Å². The molecule has 112 valence electrons. The minimum Gasteiger partial charge on any atom is -0.258 e. The van der Waals surface area contributed by atoms with Crippen LogP contribution in [0.4, 0.5) is 5.69 Å². The number of thiophene rings is 1. The maximum Gasteiger partial charge on any atom is 0.269 e. The molecule has 0 spiro atoms. The van der Waals surface area contributed by atoms with Crippen molar-refractivity contribution >= 4 is 43.0 Å². The van der Waals surface area contributed by atoms with E-state index in [0.717, 1.165) is 9.35 Å². The molecule has 2 rings (SSSR count). The summed E-state index contributed by atoms with van der Waals surface area (Å²) in [6.45, 7) is 0.216. The van der Waals surface area contributed by atoms with E-state index in [1.165, 1.54) is 35.6 Å². The van der Waals surface area contributed by atoms with Gasteiger partial charge in [0.15, 0.2) is 0 Å². The minimum absolute atomic E-state index is 0.0633. The first-order chi connectivity index (χ1) is 9.87. The molecule has 6 nitrogen and oxygen atoms in total. The fourth-order valence-electron chi connectivity index (χ4n) is 1.61. The highest BCUT2D eigenvalue weighted by Gasteiger charge is 2.14. The quantitative estimate of drug-likeness (QED) is 0.606. The van der Waals surface area contributed by atoms with Crippen LogP contribution >= 0.6 is 27.3 Å². The maximum absolute atomic E-state index is 12.0. The molecule has 9 heteroatoms. The van der Waals surface area contributed by atoms with E-state index in [2.05, 4.69) is 20.7 Å². The molecule has 0 radical (unpaired) electrons. The SMILES string of the molecule is O=[N+]([O-])c1ccc(CS(=O)(=O)NCc2sccc2Br)cc1. The Labute approximate surface area is 134 Å². The summed E-state index contributed by atoms with van der Waals surface area (Å²) < 4.78 is 27.3. The van der Waals surface area contributed by atoms with E-state index in [0.29, 0.717) is 5.56 Å². The van der Waals surface area contributed by atoms with Gasteiger partial charge in [-0.15, -0.1) is 11.3 Å². The molecule has 1 heterocycles. The van der Waals surface area contributed by atoms with Gasteiger partial charge in [0.1, 0.15) is 0 Å². The smallest absolute Gasteiger partial charge is 0.258 e. The van der Waals surface area contributed by atoms with E-state index in [-0.39, 0.29) is 18.0 Å². The first-order valence-electron chi connectivity index (χ1n) is 5.80. The summed E-state index contributed by atoms with van der Waals surface area (Å²) in [5.41, 5.74) is 0.435. The zero-order valence-electron chi connectivity index (χ0n) is 10.7. The van der Waals surface area contributed by atoms with Gasteiger partial charge in [0.05, 0.1) is 10.7 Å². The number of halogens is 1. The van der Waals surface area contributed by atoms with Crippen LogP contribution in [0.5, 0.6) is 0 Å². The highest BCUT2D eigenvalue weighted by molar-refractivity contribution is 9.10. The van der Waals surface area contributed by atoms with Crippen LogP contribution in [0.25, 0.3) is 0 Å². The topological polar surface area (TPSA) is 89.3 Å². The van der Waals surface area contributed by atoms with Crippen molar-refractivity contribution in [3.8, 4) is 0 Å². The summed E-state index contributed by atoms with van der Waals surface area (Å²) >= 11 is 4.79. The fourth-order valence-corrected chi connectivity index (χ4v) is 4.23. The number of nitro groups is 1. The van der Waals surface area contributed by atoms with Crippen LogP contribution in [0.15, 0.2) is 40.2 Å². The second-order valence-corrected chi connectivity index (χ2v) is 7.86. The number of nitro benzene ring substituents is 1. The Kier molecular flexibility index (Phi) is 5.09. The van der Waals surface area contributed by atoms with Crippen molar-refractivity contribution in [2.24, 2.45) is 0 Å². The van der Waals surface area contributed by atoms with Crippen LogP contribution in [0.1, 0.15) is 10.4 Å². The molecule has 0 unspecified atom stereocenters. The molecular weight excluding hydrogens is 380 g/mol. The van der Waals surface area contributed by atoms with Crippen molar-refractivity contribution in [1.82, 2.24) is 4.72 Å². The number of benzene rings is 1. The summed E-state index contributed by atoms with van der Waals surface area (Å²) in [7, 11) is -3.49. The van der Waals surface area contributed by atoms with E-state index in [1.54, 1.807) is 0 Å². The minimum atomic E-state index is -3.49. The lowest BCUT2D eigenvalue weighted by atomic mass is 10.2. The molecule has 0 fully saturated rings. The van der Waals surface area contributed by atoms with E-state index < -0.39 is 14.9 Å². The van der Waals surface area contributed by atoms with Crippen molar-refractivity contribution in [3.63, 3.8) is 0 Å². The van der Waals surface area contributed by atoms with E-state index in [9.17, 15) is 18.5 Å². The zero-order valence-corrected chi connectivity index (χ0v) is 13.9. The van der Waals surface area contributed by atoms with E-state index in [1.807, 2.05) is 11.4 Å². The predicted octanol–water partition coefficient (Wildman–Crippen LogP) is 3.04. The van der Waals surface area contributed by atoms with Gasteiger partial charge in [-0.05, 0) is 32.9 Å². The summed E-state index contributed by atoms with van der Waals surface area (Å²) in [6.07, 6.45) is 0. The lowest BCUT2D eigenvalue weighted by Gasteiger charge is -2.06. The predicted molar refractivity (Wildman–Crippen MR) is 84.6 cm³/mol. The molecule has 2 aromatic rings. The first kappa shape index (κ1) is 16.1. The van der Waals surface area contributed by atoms with Gasteiger partial charge >= 0.3 is 0 Å². The number of sulfonamides is 1. The van der Waals surface area contributed by atoms with Crippen molar-refractivity contribution in [3.05, 3.63) is 60.7 Å². The molecule has 0 aliphatic rings. The van der Waals surface area contributed by atoms with Crippen molar-refractivity contribution in [2.45, 2.75) is 12.3 Å². The Morgan fingerprint density at radius 2 is 1.90 bits per heavy atom. The molecular formula is C12H11BrN2O4S2. The van der Waals surface area contributed by atoms with Gasteiger partial charge in [-0.25, -0.2) is 13.1 Å². The van der Waals surface area contributed by atoms with Crippen LogP contribution in [0.3, 0.4) is 0 Å². The van der Waals surface area contributed by atoms with Crippen LogP contribution in [0, 0.1) is 10.1 Å². The fraction of sp³-hybridized carbons (Fsp3) is 0.167. The van der Waals surface area contributed by atoms with Crippen LogP contribution < -0.4 is 4.72 Å². The Bertz CT molecular complexity index is 741. The third kappa shape index (κ3) is 4.60. The third-order valence-electron chi connectivity index (χ3n) is 2.65. The summed E-state index contributed by atoms with van der Waals surface area (Å²) in [5, 5.41) is 12.4. The number of non-ortho nitro benzene ring substituents is 1. The number of nitrogens with zero attached hydrogens (tertiary/aromatic N) is 1. The molecule has 0 aliphatic carbocycles. The van der Waals surface area contributed by atoms with Gasteiger partial charge in [-0.3, -0.25) is 10.1 Å². The van der Waals surface area contributed by atoms with Crippen molar-refractivity contribution < 1.29 is 13.3 Å². The number of rotatable bonds is 6. The Morgan fingerprint density at radius 3 is 2.43 bits per heavy atom. The molecule has 1 aromatic heterocycles. The largest absolute Gasteiger partial charge is 0.269 e. The van der Waals surface area contributed by atoms with E-state index >= 15 is 0 Å². The number of nitrogens with one attached hydrogen (secondary N) is 1. The standard InChI is InChI=1S/C12H11BrN2O4S2/c13-11-5-6-20-12(11)7-14-21(18,19)8-9-1-3-10(4-2-9)15(16)17/h1-6,14H,7-8H2. The van der Waals surface area contributed by atoms with Crippen LogP contribution in [-0.4, -0.2) is 13.3 Å². The van der Waals surface area contributed by atoms with Gasteiger partial charge in [-0.1, -0.05) is 12.1 Å². The van der Waals surface area contributed by atoms with E-state index in [4.69, 9.17) is 0 Å². The van der Waals surface area contributed by atoms with Gasteiger partial charge in [0.25, 0.3) is 5.69 Å².